The highest BCUT2D eigenvalue weighted by Gasteiger charge is 1.97. The van der Waals surface area contributed by atoms with Crippen LogP contribution in [-0.4, -0.2) is 11.5 Å². The molecule has 0 fully saturated rings. The summed E-state index contributed by atoms with van der Waals surface area (Å²) in [6, 6.07) is 10.6. The van der Waals surface area contributed by atoms with Crippen molar-refractivity contribution in [1.82, 2.24) is 10.3 Å². The summed E-state index contributed by atoms with van der Waals surface area (Å²) < 4.78 is 0. The number of hydrogen-bond acceptors (Lipinski definition) is 3. The Bertz CT molecular complexity index is 423. The molecule has 0 aliphatic carbocycles. The minimum Gasteiger partial charge on any atom is -0.311 e. The summed E-state index contributed by atoms with van der Waals surface area (Å²) in [4.78, 5) is 5.54. The van der Waals surface area contributed by atoms with E-state index in [4.69, 9.17) is 0 Å². The monoisotopic (exact) mass is 232 g/mol. The molecule has 2 aromatic rings. The normalized spacial score (nSPS) is 10.6. The summed E-state index contributed by atoms with van der Waals surface area (Å²) in [6.45, 7) is 3.98. The Morgan fingerprint density at radius 1 is 1.25 bits per heavy atom. The smallest absolute Gasteiger partial charge is 0.0897 e. The van der Waals surface area contributed by atoms with E-state index in [1.54, 1.807) is 11.3 Å². The van der Waals surface area contributed by atoms with Crippen molar-refractivity contribution in [3.05, 3.63) is 52.0 Å². The van der Waals surface area contributed by atoms with Crippen LogP contribution in [0.4, 0.5) is 0 Å². The summed E-state index contributed by atoms with van der Waals surface area (Å²) >= 11 is 1.76. The topological polar surface area (TPSA) is 24.9 Å². The fraction of sp³-hybridized carbons (Fsp3) is 0.308. The van der Waals surface area contributed by atoms with Crippen LogP contribution in [0.2, 0.25) is 0 Å². The fourth-order valence-electron chi connectivity index (χ4n) is 1.58. The van der Waals surface area contributed by atoms with Crippen LogP contribution in [0.1, 0.15) is 15.4 Å². The third-order valence-corrected chi connectivity index (χ3v) is 3.31. The lowest BCUT2D eigenvalue weighted by molar-refractivity contribution is 0.693. The lowest BCUT2D eigenvalue weighted by Crippen LogP contribution is -2.15. The second-order valence-electron chi connectivity index (χ2n) is 3.76. The molecule has 16 heavy (non-hydrogen) atoms. The van der Waals surface area contributed by atoms with Gasteiger partial charge in [0.25, 0.3) is 0 Å². The number of nitrogens with one attached hydrogen (secondary N) is 1. The molecule has 0 atom stereocenters. The molecule has 0 saturated heterocycles. The van der Waals surface area contributed by atoms with Gasteiger partial charge in [-0.2, -0.15) is 0 Å². The Hall–Kier alpha value is -1.19. The maximum Gasteiger partial charge on any atom is 0.0897 e. The number of thiazole rings is 1. The first-order chi connectivity index (χ1) is 7.84. The third-order valence-electron chi connectivity index (χ3n) is 2.40. The number of aryl methyl sites for hydroxylation is 1. The molecule has 1 heterocycles. The summed E-state index contributed by atoms with van der Waals surface area (Å²) in [5.74, 6) is 0. The largest absolute Gasteiger partial charge is 0.311 e. The van der Waals surface area contributed by atoms with E-state index in [2.05, 4.69) is 40.6 Å². The Balaban J connectivity index is 1.69. The number of rotatable bonds is 5. The molecular weight excluding hydrogens is 216 g/mol. The lowest BCUT2D eigenvalue weighted by atomic mass is 10.1. The van der Waals surface area contributed by atoms with Crippen molar-refractivity contribution in [2.75, 3.05) is 6.54 Å². The van der Waals surface area contributed by atoms with Crippen molar-refractivity contribution in [2.45, 2.75) is 19.9 Å². The van der Waals surface area contributed by atoms with E-state index < -0.39 is 0 Å². The zero-order chi connectivity index (χ0) is 11.2. The average Bonchev–Trinajstić information content (AvgIpc) is 2.72. The quantitative estimate of drug-likeness (QED) is 0.802. The number of nitrogens with zero attached hydrogens (tertiary/aromatic N) is 1. The van der Waals surface area contributed by atoms with E-state index in [1.807, 2.05) is 13.1 Å². The standard InChI is InChI=1S/C13H16N2S/c1-11-15-10-13(16-11)9-14-8-7-12-5-3-2-4-6-12/h2-6,10,14H,7-9H2,1H3. The van der Waals surface area contributed by atoms with Gasteiger partial charge in [-0.25, -0.2) is 4.98 Å². The average molecular weight is 232 g/mol. The highest BCUT2D eigenvalue weighted by molar-refractivity contribution is 7.11. The third kappa shape index (κ3) is 3.43. The molecule has 1 aromatic heterocycles. The summed E-state index contributed by atoms with van der Waals surface area (Å²) in [6.07, 6.45) is 3.04. The maximum absolute atomic E-state index is 4.23. The van der Waals surface area contributed by atoms with E-state index in [0.29, 0.717) is 0 Å². The van der Waals surface area contributed by atoms with Gasteiger partial charge in [-0.05, 0) is 25.5 Å². The SMILES string of the molecule is Cc1ncc(CNCCc2ccccc2)s1. The zero-order valence-electron chi connectivity index (χ0n) is 9.44. The van der Waals surface area contributed by atoms with Crippen LogP contribution in [0.15, 0.2) is 36.5 Å². The predicted octanol–water partition coefficient (Wildman–Crippen LogP) is 2.78. The van der Waals surface area contributed by atoms with Crippen LogP contribution in [0.5, 0.6) is 0 Å². The van der Waals surface area contributed by atoms with Gasteiger partial charge in [-0.15, -0.1) is 11.3 Å². The molecule has 3 heteroatoms. The van der Waals surface area contributed by atoms with E-state index in [1.165, 1.54) is 10.4 Å². The Kier molecular flexibility index (Phi) is 4.08. The van der Waals surface area contributed by atoms with Crippen molar-refractivity contribution in [2.24, 2.45) is 0 Å². The van der Waals surface area contributed by atoms with E-state index in [0.717, 1.165) is 24.5 Å². The molecule has 1 N–H and O–H groups in total. The van der Waals surface area contributed by atoms with E-state index >= 15 is 0 Å². The van der Waals surface area contributed by atoms with Crippen molar-refractivity contribution in [3.63, 3.8) is 0 Å². The van der Waals surface area contributed by atoms with Gasteiger partial charge in [0.1, 0.15) is 0 Å². The minimum absolute atomic E-state index is 0.929. The molecule has 0 radical (unpaired) electrons. The summed E-state index contributed by atoms with van der Waals surface area (Å²) in [7, 11) is 0. The zero-order valence-corrected chi connectivity index (χ0v) is 10.3. The second kappa shape index (κ2) is 5.77. The molecule has 0 saturated carbocycles. The Labute approximate surface area is 100 Å². The van der Waals surface area contributed by atoms with Gasteiger partial charge in [-0.1, -0.05) is 30.3 Å². The number of hydrogen-bond donors (Lipinski definition) is 1. The molecular formula is C13H16N2S. The first kappa shape index (κ1) is 11.3. The van der Waals surface area contributed by atoms with Crippen LogP contribution in [0.3, 0.4) is 0 Å². The highest BCUT2D eigenvalue weighted by atomic mass is 32.1. The molecule has 0 aliphatic heterocycles. The van der Waals surface area contributed by atoms with E-state index in [-0.39, 0.29) is 0 Å². The Morgan fingerprint density at radius 3 is 2.75 bits per heavy atom. The van der Waals surface area contributed by atoms with Crippen molar-refractivity contribution < 1.29 is 0 Å². The van der Waals surface area contributed by atoms with Gasteiger partial charge < -0.3 is 5.32 Å². The molecule has 0 unspecified atom stereocenters. The van der Waals surface area contributed by atoms with Crippen LogP contribution >= 0.6 is 11.3 Å². The van der Waals surface area contributed by atoms with Crippen LogP contribution in [0, 0.1) is 6.92 Å². The first-order valence-corrected chi connectivity index (χ1v) is 6.32. The maximum atomic E-state index is 4.23. The lowest BCUT2D eigenvalue weighted by Gasteiger charge is -2.02. The Morgan fingerprint density at radius 2 is 2.06 bits per heavy atom. The molecule has 0 aliphatic rings. The van der Waals surface area contributed by atoms with Crippen LogP contribution in [0.25, 0.3) is 0 Å². The van der Waals surface area contributed by atoms with Crippen LogP contribution < -0.4 is 5.32 Å². The number of aromatic nitrogens is 1. The molecule has 0 spiro atoms. The van der Waals surface area contributed by atoms with Gasteiger partial charge in [0, 0.05) is 17.6 Å². The second-order valence-corrected chi connectivity index (χ2v) is 5.08. The fourth-order valence-corrected chi connectivity index (χ4v) is 2.34. The van der Waals surface area contributed by atoms with Gasteiger partial charge in [-0.3, -0.25) is 0 Å². The number of benzene rings is 1. The van der Waals surface area contributed by atoms with Gasteiger partial charge in [0.2, 0.25) is 0 Å². The van der Waals surface area contributed by atoms with Gasteiger partial charge in [0.15, 0.2) is 0 Å². The van der Waals surface area contributed by atoms with Gasteiger partial charge >= 0.3 is 0 Å². The summed E-state index contributed by atoms with van der Waals surface area (Å²) in [5.41, 5.74) is 1.38. The van der Waals surface area contributed by atoms with Crippen molar-refractivity contribution >= 4 is 11.3 Å². The van der Waals surface area contributed by atoms with Gasteiger partial charge in [0.05, 0.1) is 5.01 Å². The highest BCUT2D eigenvalue weighted by Crippen LogP contribution is 2.10. The van der Waals surface area contributed by atoms with Crippen molar-refractivity contribution in [3.8, 4) is 0 Å². The van der Waals surface area contributed by atoms with E-state index in [9.17, 15) is 0 Å². The molecule has 0 amide bonds. The molecule has 84 valence electrons. The first-order valence-electron chi connectivity index (χ1n) is 5.50. The van der Waals surface area contributed by atoms with Crippen LogP contribution in [-0.2, 0) is 13.0 Å². The van der Waals surface area contributed by atoms with Crippen molar-refractivity contribution in [1.29, 1.82) is 0 Å². The molecule has 2 rings (SSSR count). The summed E-state index contributed by atoms with van der Waals surface area (Å²) in [5, 5.41) is 4.57. The molecule has 0 bridgehead atoms. The molecule has 1 aromatic carbocycles. The predicted molar refractivity (Wildman–Crippen MR) is 68.7 cm³/mol. The minimum atomic E-state index is 0.929. The molecule has 2 nitrogen and oxygen atoms in total.